The summed E-state index contributed by atoms with van der Waals surface area (Å²) < 4.78 is 5.73. The van der Waals surface area contributed by atoms with Gasteiger partial charge in [0.25, 0.3) is 0 Å². The fourth-order valence-corrected chi connectivity index (χ4v) is 4.83. The molecule has 172 valence electrons. The highest BCUT2D eigenvalue weighted by molar-refractivity contribution is 5.77. The number of benzene rings is 1. The molecule has 2 saturated heterocycles. The van der Waals surface area contributed by atoms with Crippen molar-refractivity contribution in [2.24, 2.45) is 11.7 Å². The van der Waals surface area contributed by atoms with E-state index in [2.05, 4.69) is 51.1 Å². The van der Waals surface area contributed by atoms with Crippen LogP contribution in [0.5, 0.6) is 0 Å². The molecule has 0 bridgehead atoms. The van der Waals surface area contributed by atoms with Gasteiger partial charge in [0, 0.05) is 37.3 Å². The Bertz CT molecular complexity index is 1100. The zero-order valence-electron chi connectivity index (χ0n) is 19.0. The Morgan fingerprint density at radius 3 is 2.67 bits per heavy atom. The molecule has 0 saturated carbocycles. The van der Waals surface area contributed by atoms with E-state index in [-0.39, 0.29) is 17.9 Å². The van der Waals surface area contributed by atoms with Gasteiger partial charge in [0.15, 0.2) is 0 Å². The third-order valence-electron chi connectivity index (χ3n) is 6.82. The van der Waals surface area contributed by atoms with Crippen LogP contribution >= 0.6 is 0 Å². The van der Waals surface area contributed by atoms with Crippen LogP contribution in [0, 0.1) is 12.8 Å². The Kier molecular flexibility index (Phi) is 6.09. The van der Waals surface area contributed by atoms with Crippen molar-refractivity contribution in [2.45, 2.75) is 45.2 Å². The number of aromatic nitrogens is 3. The average molecular weight is 447 g/mol. The summed E-state index contributed by atoms with van der Waals surface area (Å²) in [5, 5.41) is 4.29. The fourth-order valence-electron chi connectivity index (χ4n) is 4.83. The molecule has 3 aromatic rings. The van der Waals surface area contributed by atoms with Gasteiger partial charge in [0.1, 0.15) is 5.82 Å². The smallest absolute Gasteiger partial charge is 0.244 e. The molecule has 2 aliphatic rings. The minimum absolute atomic E-state index is 0.0431. The summed E-state index contributed by atoms with van der Waals surface area (Å²) in [4.78, 5) is 25.3. The number of hydrogen-bond acceptors (Lipinski definition) is 7. The first-order valence-electron chi connectivity index (χ1n) is 11.7. The maximum Gasteiger partial charge on any atom is 0.244 e. The molecule has 2 aliphatic heterocycles. The minimum Gasteiger partial charge on any atom is -0.369 e. The highest BCUT2D eigenvalue weighted by Gasteiger charge is 2.31. The molecule has 5 rings (SSSR count). The molecule has 8 nitrogen and oxygen atoms in total. The quantitative estimate of drug-likeness (QED) is 0.618. The standard InChI is InChI=1S/C25H30N6O2/c1-17-4-6-18(7-5-17)16-31-12-2-3-21(31)25-28-24(29-33-25)20-8-11-27-22(15-20)30-13-9-19(10-14-30)23(26)32/h4-8,11,15,19,21H,2-3,9-10,12-14,16H2,1H3,(H2,26,32). The summed E-state index contributed by atoms with van der Waals surface area (Å²) in [7, 11) is 0. The molecule has 4 heterocycles. The molecule has 2 aromatic heterocycles. The number of carbonyl (C=O) groups is 1. The number of anilines is 1. The van der Waals surface area contributed by atoms with Crippen molar-refractivity contribution in [2.75, 3.05) is 24.5 Å². The average Bonchev–Trinajstić information content (AvgIpc) is 3.50. The van der Waals surface area contributed by atoms with Gasteiger partial charge in [-0.25, -0.2) is 4.98 Å². The van der Waals surface area contributed by atoms with E-state index < -0.39 is 0 Å². The summed E-state index contributed by atoms with van der Waals surface area (Å²) >= 11 is 0. The minimum atomic E-state index is -0.209. The van der Waals surface area contributed by atoms with Crippen molar-refractivity contribution in [3.63, 3.8) is 0 Å². The lowest BCUT2D eigenvalue weighted by Gasteiger charge is -2.31. The number of amides is 1. The zero-order chi connectivity index (χ0) is 22.8. The van der Waals surface area contributed by atoms with E-state index in [9.17, 15) is 4.79 Å². The van der Waals surface area contributed by atoms with Crippen molar-refractivity contribution < 1.29 is 9.32 Å². The lowest BCUT2D eigenvalue weighted by atomic mass is 9.96. The Balaban J connectivity index is 1.29. The second-order valence-corrected chi connectivity index (χ2v) is 9.14. The van der Waals surface area contributed by atoms with Gasteiger partial charge in [-0.15, -0.1) is 0 Å². The van der Waals surface area contributed by atoms with Gasteiger partial charge < -0.3 is 15.2 Å². The second-order valence-electron chi connectivity index (χ2n) is 9.14. The molecule has 2 fully saturated rings. The number of nitrogens with zero attached hydrogens (tertiary/aromatic N) is 5. The van der Waals surface area contributed by atoms with Crippen LogP contribution in [0.4, 0.5) is 5.82 Å². The Morgan fingerprint density at radius 2 is 1.91 bits per heavy atom. The second kappa shape index (κ2) is 9.31. The third-order valence-corrected chi connectivity index (χ3v) is 6.82. The predicted octanol–water partition coefficient (Wildman–Crippen LogP) is 3.48. The van der Waals surface area contributed by atoms with E-state index in [1.165, 1.54) is 11.1 Å². The number of pyridine rings is 1. The summed E-state index contributed by atoms with van der Waals surface area (Å²) in [6, 6.07) is 12.7. The van der Waals surface area contributed by atoms with E-state index in [0.29, 0.717) is 11.7 Å². The molecular weight excluding hydrogens is 416 g/mol. The van der Waals surface area contributed by atoms with Crippen molar-refractivity contribution in [3.8, 4) is 11.4 Å². The molecule has 33 heavy (non-hydrogen) atoms. The maximum absolute atomic E-state index is 11.4. The van der Waals surface area contributed by atoms with Crippen LogP contribution in [0.2, 0.25) is 0 Å². The van der Waals surface area contributed by atoms with Gasteiger partial charge in [-0.2, -0.15) is 4.98 Å². The van der Waals surface area contributed by atoms with Crippen molar-refractivity contribution >= 4 is 11.7 Å². The molecule has 1 amide bonds. The summed E-state index contributed by atoms with van der Waals surface area (Å²) in [5.74, 6) is 1.87. The normalized spacial score (nSPS) is 19.8. The number of carbonyl (C=O) groups excluding carboxylic acids is 1. The van der Waals surface area contributed by atoms with Gasteiger partial charge in [0.05, 0.1) is 6.04 Å². The van der Waals surface area contributed by atoms with E-state index in [1.54, 1.807) is 6.20 Å². The molecule has 2 N–H and O–H groups in total. The molecular formula is C25H30N6O2. The maximum atomic E-state index is 11.4. The summed E-state index contributed by atoms with van der Waals surface area (Å²) in [6.45, 7) is 5.53. The van der Waals surface area contributed by atoms with Crippen LogP contribution < -0.4 is 10.6 Å². The molecule has 1 unspecified atom stereocenters. The number of primary amides is 1. The van der Waals surface area contributed by atoms with Gasteiger partial charge in [-0.3, -0.25) is 9.69 Å². The van der Waals surface area contributed by atoms with Crippen LogP contribution in [-0.2, 0) is 11.3 Å². The summed E-state index contributed by atoms with van der Waals surface area (Å²) in [6.07, 6.45) is 5.43. The predicted molar refractivity (Wildman–Crippen MR) is 125 cm³/mol. The molecule has 1 atom stereocenters. The zero-order valence-corrected chi connectivity index (χ0v) is 19.0. The number of nitrogens with two attached hydrogens (primary N) is 1. The first-order chi connectivity index (χ1) is 16.1. The molecule has 0 aliphatic carbocycles. The third kappa shape index (κ3) is 4.75. The number of rotatable bonds is 6. The highest BCUT2D eigenvalue weighted by atomic mass is 16.5. The number of hydrogen-bond donors (Lipinski definition) is 1. The van der Waals surface area contributed by atoms with Crippen LogP contribution in [0.1, 0.15) is 48.7 Å². The SMILES string of the molecule is Cc1ccc(CN2CCCC2c2nc(-c3ccnc(N4CCC(C(N)=O)CC4)c3)no2)cc1. The molecule has 0 spiro atoms. The Morgan fingerprint density at radius 1 is 1.12 bits per heavy atom. The lowest BCUT2D eigenvalue weighted by Crippen LogP contribution is -2.38. The first-order valence-corrected chi connectivity index (χ1v) is 11.7. The van der Waals surface area contributed by atoms with E-state index >= 15 is 0 Å². The van der Waals surface area contributed by atoms with E-state index in [0.717, 1.165) is 63.2 Å². The molecule has 0 radical (unpaired) electrons. The number of likely N-dealkylation sites (tertiary alicyclic amines) is 1. The first kappa shape index (κ1) is 21.6. The van der Waals surface area contributed by atoms with Crippen molar-refractivity contribution in [1.82, 2.24) is 20.0 Å². The van der Waals surface area contributed by atoms with E-state index in [4.69, 9.17) is 15.2 Å². The van der Waals surface area contributed by atoms with Crippen LogP contribution in [0.15, 0.2) is 47.1 Å². The van der Waals surface area contributed by atoms with Crippen molar-refractivity contribution in [3.05, 3.63) is 59.6 Å². The topological polar surface area (TPSA) is 101 Å². The van der Waals surface area contributed by atoms with Crippen molar-refractivity contribution in [1.29, 1.82) is 0 Å². The monoisotopic (exact) mass is 446 g/mol. The number of piperidine rings is 1. The Hall–Kier alpha value is -3.26. The lowest BCUT2D eigenvalue weighted by molar-refractivity contribution is -0.122. The van der Waals surface area contributed by atoms with E-state index in [1.807, 2.05) is 12.1 Å². The van der Waals surface area contributed by atoms with Gasteiger partial charge >= 0.3 is 0 Å². The van der Waals surface area contributed by atoms with Crippen LogP contribution in [0.3, 0.4) is 0 Å². The number of aryl methyl sites for hydroxylation is 1. The van der Waals surface area contributed by atoms with Crippen LogP contribution in [-0.4, -0.2) is 45.6 Å². The molecule has 8 heteroatoms. The fraction of sp³-hybridized carbons (Fsp3) is 0.440. The largest absolute Gasteiger partial charge is 0.369 e. The Labute approximate surface area is 193 Å². The van der Waals surface area contributed by atoms with Crippen LogP contribution in [0.25, 0.3) is 11.4 Å². The summed E-state index contributed by atoms with van der Waals surface area (Å²) in [5.41, 5.74) is 8.91. The van der Waals surface area contributed by atoms with Gasteiger partial charge in [-0.1, -0.05) is 35.0 Å². The highest BCUT2D eigenvalue weighted by Crippen LogP contribution is 2.33. The molecule has 1 aromatic carbocycles. The van der Waals surface area contributed by atoms with Gasteiger partial charge in [-0.05, 0) is 56.8 Å². The van der Waals surface area contributed by atoms with Gasteiger partial charge in [0.2, 0.25) is 17.6 Å².